The maximum Gasteiger partial charge on any atom is 0.290 e. The minimum absolute atomic E-state index is 0.000961. The van der Waals surface area contributed by atoms with Gasteiger partial charge in [-0.2, -0.15) is 0 Å². The van der Waals surface area contributed by atoms with E-state index in [0.717, 1.165) is 35.7 Å². The molecule has 6 heteroatoms. The Hall–Kier alpha value is -2.60. The van der Waals surface area contributed by atoms with E-state index in [0.29, 0.717) is 16.9 Å². The molecule has 1 saturated heterocycles. The topological polar surface area (TPSA) is 55.4 Å². The zero-order valence-corrected chi connectivity index (χ0v) is 20.1. The van der Waals surface area contributed by atoms with Gasteiger partial charge in [0.05, 0.1) is 17.6 Å². The van der Waals surface area contributed by atoms with Gasteiger partial charge >= 0.3 is 0 Å². The first-order valence-electron chi connectivity index (χ1n) is 10.7. The van der Waals surface area contributed by atoms with Gasteiger partial charge in [-0.1, -0.05) is 33.8 Å². The average molecular weight is 454 g/mol. The van der Waals surface area contributed by atoms with Crippen LogP contribution in [-0.2, 0) is 15.6 Å². The van der Waals surface area contributed by atoms with Crippen molar-refractivity contribution in [3.63, 3.8) is 0 Å². The molecule has 0 spiro atoms. The fraction of sp³-hybridized carbons (Fsp3) is 0.385. The van der Waals surface area contributed by atoms with Gasteiger partial charge in [0, 0.05) is 0 Å². The van der Waals surface area contributed by atoms with Gasteiger partial charge in [-0.15, -0.1) is 0 Å². The van der Waals surface area contributed by atoms with Crippen LogP contribution < -0.4 is 10.1 Å². The highest BCUT2D eigenvalue weighted by molar-refractivity contribution is 8.18. The Morgan fingerprint density at radius 1 is 1.03 bits per heavy atom. The number of ether oxygens (including phenoxy) is 1. The molecule has 0 bridgehead atoms. The Morgan fingerprint density at radius 2 is 1.66 bits per heavy atom. The van der Waals surface area contributed by atoms with Crippen molar-refractivity contribution >= 4 is 29.0 Å². The van der Waals surface area contributed by atoms with Gasteiger partial charge in [0.2, 0.25) is 0 Å². The van der Waals surface area contributed by atoms with Crippen molar-refractivity contribution in [1.29, 1.82) is 0 Å². The van der Waals surface area contributed by atoms with Gasteiger partial charge in [0.1, 0.15) is 11.6 Å². The number of carbonyl (C=O) groups is 2. The minimum Gasteiger partial charge on any atom is -0.496 e. The number of hydrogen-bond donors (Lipinski definition) is 1. The van der Waals surface area contributed by atoms with Crippen LogP contribution in [0.15, 0.2) is 29.2 Å². The number of carbonyl (C=O) groups excluding carboxylic acids is 2. The van der Waals surface area contributed by atoms with Crippen molar-refractivity contribution in [2.45, 2.75) is 58.3 Å². The lowest BCUT2D eigenvalue weighted by Crippen LogP contribution is -2.34. The second-order valence-electron chi connectivity index (χ2n) is 9.91. The number of hydrogen-bond acceptors (Lipinski definition) is 4. The van der Waals surface area contributed by atoms with E-state index in [2.05, 4.69) is 45.1 Å². The predicted molar refractivity (Wildman–Crippen MR) is 128 cm³/mol. The fourth-order valence-electron chi connectivity index (χ4n) is 4.67. The molecule has 0 radical (unpaired) electrons. The molecule has 0 aromatic heterocycles. The molecule has 1 N–H and O–H groups in total. The highest BCUT2D eigenvalue weighted by Crippen LogP contribution is 2.48. The summed E-state index contributed by atoms with van der Waals surface area (Å²) < 4.78 is 21.1. The third-order valence-electron chi connectivity index (χ3n) is 6.70. The number of methoxy groups -OCH3 is 1. The van der Waals surface area contributed by atoms with Crippen molar-refractivity contribution in [3.8, 4) is 16.9 Å². The zero-order chi connectivity index (χ0) is 23.4. The molecular weight excluding hydrogens is 425 g/mol. The molecule has 0 saturated carbocycles. The highest BCUT2D eigenvalue weighted by atomic mass is 32.2. The van der Waals surface area contributed by atoms with Gasteiger partial charge in [0.15, 0.2) is 0 Å². The van der Waals surface area contributed by atoms with Crippen molar-refractivity contribution < 1.29 is 18.7 Å². The monoisotopic (exact) mass is 453 g/mol. The van der Waals surface area contributed by atoms with Crippen molar-refractivity contribution in [2.24, 2.45) is 0 Å². The number of aryl methyl sites for hydroxylation is 1. The number of amides is 2. The average Bonchev–Trinajstić information content (AvgIpc) is 3.02. The standard InChI is InChI=1S/C26H28FNO3S/c1-14-9-17-18(26(4,5)8-7-25(17,2)3)13-16(14)22-19(27)10-15(11-20(22)31-6)12-21-23(29)28-24(30)32-21/h9-13H,7-8H2,1-6H3,(H,28,29,30)/b21-12+. The van der Waals surface area contributed by atoms with Crippen molar-refractivity contribution in [2.75, 3.05) is 7.11 Å². The second kappa shape index (κ2) is 7.77. The summed E-state index contributed by atoms with van der Waals surface area (Å²) in [5, 5.41) is 1.78. The number of halogens is 1. The molecule has 2 aromatic carbocycles. The number of benzene rings is 2. The number of rotatable bonds is 3. The van der Waals surface area contributed by atoms with Crippen LogP contribution in [-0.4, -0.2) is 18.3 Å². The van der Waals surface area contributed by atoms with Crippen LogP contribution in [0.3, 0.4) is 0 Å². The van der Waals surface area contributed by atoms with E-state index in [4.69, 9.17) is 4.74 Å². The molecule has 1 fully saturated rings. The maximum atomic E-state index is 15.5. The highest BCUT2D eigenvalue weighted by Gasteiger charge is 2.38. The van der Waals surface area contributed by atoms with Gasteiger partial charge in [0.25, 0.3) is 11.1 Å². The predicted octanol–water partition coefficient (Wildman–Crippen LogP) is 6.48. The molecular formula is C26H28FNO3S. The Labute approximate surface area is 192 Å². The molecule has 0 atom stereocenters. The number of fused-ring (bicyclic) bond motifs is 1. The van der Waals surface area contributed by atoms with E-state index in [1.807, 2.05) is 6.92 Å². The van der Waals surface area contributed by atoms with Gasteiger partial charge in [-0.25, -0.2) is 4.39 Å². The van der Waals surface area contributed by atoms with Crippen LogP contribution in [0, 0.1) is 12.7 Å². The van der Waals surface area contributed by atoms with Crippen LogP contribution in [0.4, 0.5) is 9.18 Å². The smallest absolute Gasteiger partial charge is 0.290 e. The Kier molecular flexibility index (Phi) is 5.48. The first-order valence-corrected chi connectivity index (χ1v) is 11.5. The van der Waals surface area contributed by atoms with E-state index in [1.165, 1.54) is 30.4 Å². The largest absolute Gasteiger partial charge is 0.496 e. The van der Waals surface area contributed by atoms with E-state index in [9.17, 15) is 9.59 Å². The van der Waals surface area contributed by atoms with Gasteiger partial charge in [-0.05, 0) is 94.4 Å². The summed E-state index contributed by atoms with van der Waals surface area (Å²) >= 11 is 0.804. The minimum atomic E-state index is -0.473. The lowest BCUT2D eigenvalue weighted by atomic mass is 9.62. The van der Waals surface area contributed by atoms with Crippen LogP contribution in [0.5, 0.6) is 5.75 Å². The fourth-order valence-corrected chi connectivity index (χ4v) is 5.35. The van der Waals surface area contributed by atoms with Crippen LogP contribution in [0.25, 0.3) is 17.2 Å². The zero-order valence-electron chi connectivity index (χ0n) is 19.3. The van der Waals surface area contributed by atoms with Crippen LogP contribution >= 0.6 is 11.8 Å². The summed E-state index contributed by atoms with van der Waals surface area (Å²) in [4.78, 5) is 23.5. The van der Waals surface area contributed by atoms with E-state index in [1.54, 1.807) is 6.07 Å². The van der Waals surface area contributed by atoms with Crippen molar-refractivity contribution in [1.82, 2.24) is 5.32 Å². The summed E-state index contributed by atoms with van der Waals surface area (Å²) in [6, 6.07) is 7.42. The first-order chi connectivity index (χ1) is 14.9. The summed E-state index contributed by atoms with van der Waals surface area (Å²) in [5.74, 6) is -0.511. The second-order valence-corrected chi connectivity index (χ2v) is 10.9. The number of nitrogens with one attached hydrogen (secondary N) is 1. The summed E-state index contributed by atoms with van der Waals surface area (Å²) in [7, 11) is 1.51. The number of imide groups is 1. The normalized spacial score (nSPS) is 20.3. The summed E-state index contributed by atoms with van der Waals surface area (Å²) in [6.45, 7) is 11.0. The molecule has 4 nitrogen and oxygen atoms in total. The lowest BCUT2D eigenvalue weighted by molar-refractivity contribution is -0.115. The molecule has 2 aliphatic rings. The Morgan fingerprint density at radius 3 is 2.22 bits per heavy atom. The summed E-state index contributed by atoms with van der Waals surface area (Å²) in [5.41, 5.74) is 5.33. The lowest BCUT2D eigenvalue weighted by Gasteiger charge is -2.42. The molecule has 1 aliphatic heterocycles. The number of thioether (sulfide) groups is 1. The SMILES string of the molecule is COc1cc(/C=C2/SC(=O)NC2=O)cc(F)c1-c1cc2c(cc1C)C(C)(C)CCC2(C)C. The molecule has 1 aliphatic carbocycles. The third-order valence-corrected chi connectivity index (χ3v) is 7.51. The van der Waals surface area contributed by atoms with Crippen LogP contribution in [0.2, 0.25) is 0 Å². The Bertz CT molecular complexity index is 1180. The van der Waals surface area contributed by atoms with E-state index < -0.39 is 17.0 Å². The third kappa shape index (κ3) is 3.85. The maximum absolute atomic E-state index is 15.5. The molecule has 168 valence electrons. The van der Waals surface area contributed by atoms with Crippen LogP contribution in [0.1, 0.15) is 62.8 Å². The summed E-state index contributed by atoms with van der Waals surface area (Å²) in [6.07, 6.45) is 3.69. The first kappa shape index (κ1) is 22.6. The molecule has 32 heavy (non-hydrogen) atoms. The molecule has 2 aromatic rings. The van der Waals surface area contributed by atoms with Gasteiger partial charge in [-0.3, -0.25) is 14.9 Å². The molecule has 2 amide bonds. The van der Waals surface area contributed by atoms with Crippen molar-refractivity contribution in [3.05, 3.63) is 57.2 Å². The quantitative estimate of drug-likeness (QED) is 0.540. The molecule has 4 rings (SSSR count). The van der Waals surface area contributed by atoms with E-state index >= 15 is 4.39 Å². The Balaban J connectivity index is 1.87. The molecule has 0 unspecified atom stereocenters. The molecule has 1 heterocycles. The van der Waals surface area contributed by atoms with Gasteiger partial charge < -0.3 is 4.74 Å². The van der Waals surface area contributed by atoms with E-state index in [-0.39, 0.29) is 15.7 Å².